The Morgan fingerprint density at radius 3 is 2.58 bits per heavy atom. The number of benzene rings is 1. The van der Waals surface area contributed by atoms with Gasteiger partial charge in [-0.15, -0.1) is 0 Å². The number of hydrogen-bond acceptors (Lipinski definition) is 3. The summed E-state index contributed by atoms with van der Waals surface area (Å²) in [6.45, 7) is 2.60. The lowest BCUT2D eigenvalue weighted by Gasteiger charge is -2.34. The quantitative estimate of drug-likeness (QED) is 0.849. The lowest BCUT2D eigenvalue weighted by atomic mass is 9.95. The van der Waals surface area contributed by atoms with E-state index in [2.05, 4.69) is 5.32 Å². The third-order valence-corrected chi connectivity index (χ3v) is 7.64. The smallest absolute Gasteiger partial charge is 0.251 e. The predicted octanol–water partition coefficient (Wildman–Crippen LogP) is 3.70. The van der Waals surface area contributed by atoms with Crippen molar-refractivity contribution in [1.29, 1.82) is 0 Å². The number of carbonyl (C=O) groups excluding carboxylic acids is 1. The van der Waals surface area contributed by atoms with E-state index in [9.17, 15) is 13.2 Å². The Bertz CT molecular complexity index is 726. The van der Waals surface area contributed by atoms with Gasteiger partial charge in [0.15, 0.2) is 0 Å². The van der Waals surface area contributed by atoms with Gasteiger partial charge in [0.2, 0.25) is 10.0 Å². The van der Waals surface area contributed by atoms with Crippen LogP contribution in [-0.2, 0) is 10.0 Å². The molecule has 1 unspecified atom stereocenters. The van der Waals surface area contributed by atoms with Crippen molar-refractivity contribution in [2.24, 2.45) is 0 Å². The predicted molar refractivity (Wildman–Crippen MR) is 103 cm³/mol. The number of piperidine rings is 1. The fourth-order valence-electron chi connectivity index (χ4n) is 4.15. The molecular weight excluding hydrogens is 348 g/mol. The monoisotopic (exact) mass is 378 g/mol. The minimum atomic E-state index is -3.56. The van der Waals surface area contributed by atoms with Crippen LogP contribution in [-0.4, -0.2) is 37.3 Å². The van der Waals surface area contributed by atoms with Gasteiger partial charge in [-0.25, -0.2) is 8.42 Å². The number of rotatable bonds is 5. The van der Waals surface area contributed by atoms with Crippen LogP contribution in [0.25, 0.3) is 0 Å². The van der Waals surface area contributed by atoms with Gasteiger partial charge in [0.1, 0.15) is 0 Å². The van der Waals surface area contributed by atoms with Crippen molar-refractivity contribution in [2.45, 2.75) is 81.7 Å². The van der Waals surface area contributed by atoms with E-state index in [0.29, 0.717) is 12.1 Å². The van der Waals surface area contributed by atoms with E-state index in [1.807, 2.05) is 6.92 Å². The molecular formula is C20H30N2O3S. The number of nitrogens with zero attached hydrogens (tertiary/aromatic N) is 1. The summed E-state index contributed by atoms with van der Waals surface area (Å²) in [5, 5.41) is 3.07. The number of carbonyl (C=O) groups is 1. The molecule has 2 aliphatic rings. The Labute approximate surface area is 157 Å². The van der Waals surface area contributed by atoms with Crippen LogP contribution in [0.2, 0.25) is 0 Å². The van der Waals surface area contributed by atoms with Crippen molar-refractivity contribution in [3.05, 3.63) is 29.8 Å². The molecule has 2 fully saturated rings. The van der Waals surface area contributed by atoms with Crippen molar-refractivity contribution in [3.8, 4) is 0 Å². The molecule has 1 amide bonds. The molecule has 1 saturated heterocycles. The summed E-state index contributed by atoms with van der Waals surface area (Å²) >= 11 is 0. The van der Waals surface area contributed by atoms with Gasteiger partial charge in [-0.2, -0.15) is 4.31 Å². The Hall–Kier alpha value is -1.40. The van der Waals surface area contributed by atoms with E-state index in [-0.39, 0.29) is 22.9 Å². The maximum Gasteiger partial charge on any atom is 0.251 e. The molecule has 6 heteroatoms. The highest BCUT2D eigenvalue weighted by molar-refractivity contribution is 7.89. The zero-order valence-corrected chi connectivity index (χ0v) is 16.4. The summed E-state index contributed by atoms with van der Waals surface area (Å²) in [5.74, 6) is -0.167. The lowest BCUT2D eigenvalue weighted by Crippen LogP contribution is -2.43. The lowest BCUT2D eigenvalue weighted by molar-refractivity contribution is 0.0927. The van der Waals surface area contributed by atoms with Gasteiger partial charge in [-0.3, -0.25) is 4.79 Å². The molecule has 144 valence electrons. The van der Waals surface area contributed by atoms with E-state index >= 15 is 0 Å². The third kappa shape index (κ3) is 4.29. The van der Waals surface area contributed by atoms with Crippen molar-refractivity contribution in [3.63, 3.8) is 0 Å². The SMILES string of the molecule is CCC1CCCCN1S(=O)(=O)c1cccc(C(=O)NC2CCCCC2)c1. The van der Waals surface area contributed by atoms with E-state index in [1.165, 1.54) is 12.5 Å². The highest BCUT2D eigenvalue weighted by Crippen LogP contribution is 2.27. The maximum atomic E-state index is 13.1. The van der Waals surface area contributed by atoms with Gasteiger partial charge in [0.25, 0.3) is 5.91 Å². The molecule has 1 N–H and O–H groups in total. The molecule has 1 aromatic carbocycles. The summed E-state index contributed by atoms with van der Waals surface area (Å²) in [6.07, 6.45) is 9.25. The summed E-state index contributed by atoms with van der Waals surface area (Å²) < 4.78 is 27.9. The van der Waals surface area contributed by atoms with Crippen molar-refractivity contribution < 1.29 is 13.2 Å². The normalized spacial score (nSPS) is 22.9. The molecule has 0 bridgehead atoms. The van der Waals surface area contributed by atoms with Crippen molar-refractivity contribution >= 4 is 15.9 Å². The number of hydrogen-bond donors (Lipinski definition) is 1. The first-order chi connectivity index (χ1) is 12.5. The fraction of sp³-hybridized carbons (Fsp3) is 0.650. The summed E-state index contributed by atoms with van der Waals surface area (Å²) in [6, 6.07) is 6.79. The fourth-order valence-corrected chi connectivity index (χ4v) is 5.96. The van der Waals surface area contributed by atoms with Gasteiger partial charge in [-0.1, -0.05) is 38.7 Å². The summed E-state index contributed by atoms with van der Waals surface area (Å²) in [7, 11) is -3.56. The molecule has 1 saturated carbocycles. The Morgan fingerprint density at radius 1 is 1.12 bits per heavy atom. The van der Waals surface area contributed by atoms with Gasteiger partial charge in [-0.05, 0) is 50.3 Å². The average molecular weight is 379 g/mol. The summed E-state index contributed by atoms with van der Waals surface area (Å²) in [4.78, 5) is 12.8. The van der Waals surface area contributed by atoms with E-state index in [4.69, 9.17) is 0 Å². The highest BCUT2D eigenvalue weighted by Gasteiger charge is 2.32. The largest absolute Gasteiger partial charge is 0.349 e. The zero-order chi connectivity index (χ0) is 18.6. The molecule has 5 nitrogen and oxygen atoms in total. The van der Waals surface area contributed by atoms with Crippen LogP contribution in [0.5, 0.6) is 0 Å². The van der Waals surface area contributed by atoms with E-state index < -0.39 is 10.0 Å². The zero-order valence-electron chi connectivity index (χ0n) is 15.6. The highest BCUT2D eigenvalue weighted by atomic mass is 32.2. The molecule has 0 spiro atoms. The van der Waals surface area contributed by atoms with Crippen LogP contribution in [0.1, 0.15) is 75.1 Å². The molecule has 26 heavy (non-hydrogen) atoms. The summed E-state index contributed by atoms with van der Waals surface area (Å²) in [5.41, 5.74) is 0.432. The van der Waals surface area contributed by atoms with Gasteiger partial charge in [0.05, 0.1) is 4.90 Å². The molecule has 1 heterocycles. The number of amides is 1. The number of sulfonamides is 1. The second kappa shape index (κ2) is 8.53. The molecule has 3 rings (SSSR count). The van der Waals surface area contributed by atoms with Crippen LogP contribution in [0.4, 0.5) is 0 Å². The molecule has 0 radical (unpaired) electrons. The average Bonchev–Trinajstić information content (AvgIpc) is 2.68. The Balaban J connectivity index is 1.78. The first kappa shape index (κ1) is 19.4. The van der Waals surface area contributed by atoms with E-state index in [0.717, 1.165) is 51.4 Å². The molecule has 1 aromatic rings. The Kier molecular flexibility index (Phi) is 6.35. The maximum absolute atomic E-state index is 13.1. The van der Waals surface area contributed by atoms with Gasteiger partial charge >= 0.3 is 0 Å². The first-order valence-corrected chi connectivity index (χ1v) is 11.4. The van der Waals surface area contributed by atoms with Crippen molar-refractivity contribution in [2.75, 3.05) is 6.54 Å². The minimum Gasteiger partial charge on any atom is -0.349 e. The topological polar surface area (TPSA) is 66.5 Å². The van der Waals surface area contributed by atoms with Crippen molar-refractivity contribution in [1.82, 2.24) is 9.62 Å². The van der Waals surface area contributed by atoms with Gasteiger partial charge in [0, 0.05) is 24.2 Å². The molecule has 1 atom stereocenters. The van der Waals surface area contributed by atoms with Crippen LogP contribution < -0.4 is 5.32 Å². The Morgan fingerprint density at radius 2 is 1.85 bits per heavy atom. The second-order valence-corrected chi connectivity index (χ2v) is 9.40. The minimum absolute atomic E-state index is 0.0634. The van der Waals surface area contributed by atoms with Crippen LogP contribution >= 0.6 is 0 Å². The van der Waals surface area contributed by atoms with Crippen LogP contribution in [0.15, 0.2) is 29.2 Å². The second-order valence-electron chi connectivity index (χ2n) is 7.51. The molecule has 0 aromatic heterocycles. The molecule has 1 aliphatic heterocycles. The van der Waals surface area contributed by atoms with Crippen LogP contribution in [0, 0.1) is 0 Å². The number of nitrogens with one attached hydrogen (secondary N) is 1. The van der Waals surface area contributed by atoms with Gasteiger partial charge < -0.3 is 5.32 Å². The first-order valence-electron chi connectivity index (χ1n) is 9.95. The van der Waals surface area contributed by atoms with Crippen LogP contribution in [0.3, 0.4) is 0 Å². The third-order valence-electron chi connectivity index (χ3n) is 5.69. The standard InChI is InChI=1S/C20H30N2O3S/c1-2-18-12-6-7-14-22(18)26(24,25)19-13-8-9-16(15-19)20(23)21-17-10-4-3-5-11-17/h8-9,13,15,17-18H,2-7,10-12,14H2,1H3,(H,21,23). The van der Waals surface area contributed by atoms with E-state index in [1.54, 1.807) is 22.5 Å². The molecule has 1 aliphatic carbocycles.